The fraction of sp³-hybridized carbons (Fsp3) is 0. The van der Waals surface area contributed by atoms with E-state index in [1.165, 1.54) is 36.5 Å². The Morgan fingerprint density at radius 1 is 0.652 bits per heavy atom. The molecule has 0 saturated heterocycles. The molecule has 2 heterocycles. The molecule has 3 aromatic carbocycles. The van der Waals surface area contributed by atoms with Crippen molar-refractivity contribution in [1.29, 1.82) is 0 Å². The first-order valence-electron chi connectivity index (χ1n) is 7.66. The summed E-state index contributed by atoms with van der Waals surface area (Å²) in [5, 5.41) is 5.09. The van der Waals surface area contributed by atoms with Crippen molar-refractivity contribution in [3.63, 3.8) is 0 Å². The molecular formula is C21H13NS. The summed E-state index contributed by atoms with van der Waals surface area (Å²) in [5.41, 5.74) is 2.29. The summed E-state index contributed by atoms with van der Waals surface area (Å²) in [6, 6.07) is 25.7. The predicted octanol–water partition coefficient (Wildman–Crippen LogP) is 6.27. The molecule has 2 heteroatoms. The zero-order valence-electron chi connectivity index (χ0n) is 12.4. The number of pyridine rings is 1. The summed E-state index contributed by atoms with van der Waals surface area (Å²) in [4.78, 5) is 4.70. The van der Waals surface area contributed by atoms with E-state index in [0.717, 1.165) is 5.69 Å². The maximum atomic E-state index is 4.70. The average Bonchev–Trinajstić information content (AvgIpc) is 3.00. The smallest absolute Gasteiger partial charge is 0.0794 e. The lowest BCUT2D eigenvalue weighted by Crippen LogP contribution is -1.85. The first-order chi connectivity index (χ1) is 11.4. The van der Waals surface area contributed by atoms with E-state index in [1.807, 2.05) is 17.5 Å². The summed E-state index contributed by atoms with van der Waals surface area (Å²) < 4.78 is 2.65. The molecule has 0 N–H and O–H groups in total. The van der Waals surface area contributed by atoms with Gasteiger partial charge in [-0.15, -0.1) is 11.3 Å². The first kappa shape index (κ1) is 12.8. The summed E-state index contributed by atoms with van der Waals surface area (Å²) >= 11 is 1.85. The number of rotatable bonds is 1. The third kappa shape index (κ3) is 1.89. The van der Waals surface area contributed by atoms with Gasteiger partial charge in [0.2, 0.25) is 0 Å². The highest BCUT2D eigenvalue weighted by Gasteiger charge is 2.12. The van der Waals surface area contributed by atoms with Gasteiger partial charge in [-0.3, -0.25) is 4.98 Å². The van der Waals surface area contributed by atoms with E-state index in [4.69, 9.17) is 4.98 Å². The second-order valence-electron chi connectivity index (χ2n) is 5.66. The van der Waals surface area contributed by atoms with E-state index in [1.54, 1.807) is 0 Å². The number of hydrogen-bond donors (Lipinski definition) is 0. The van der Waals surface area contributed by atoms with Crippen molar-refractivity contribution in [3.05, 3.63) is 79.0 Å². The van der Waals surface area contributed by atoms with E-state index >= 15 is 0 Å². The molecule has 0 atom stereocenters. The van der Waals surface area contributed by atoms with E-state index in [2.05, 4.69) is 72.8 Å². The molecule has 0 radical (unpaired) electrons. The maximum Gasteiger partial charge on any atom is 0.0794 e. The van der Waals surface area contributed by atoms with Crippen molar-refractivity contribution < 1.29 is 0 Å². The third-order valence-corrected chi connectivity index (χ3v) is 5.55. The van der Waals surface area contributed by atoms with Crippen LogP contribution < -0.4 is 0 Å². The Morgan fingerprint density at radius 2 is 1.43 bits per heavy atom. The predicted molar refractivity (Wildman–Crippen MR) is 100 cm³/mol. The van der Waals surface area contributed by atoms with E-state index in [0.29, 0.717) is 0 Å². The van der Waals surface area contributed by atoms with Gasteiger partial charge in [-0.05, 0) is 17.5 Å². The topological polar surface area (TPSA) is 12.9 Å². The summed E-state index contributed by atoms with van der Waals surface area (Å²) in [7, 11) is 0. The highest BCUT2D eigenvalue weighted by molar-refractivity contribution is 7.26. The summed E-state index contributed by atoms with van der Waals surface area (Å²) in [6.07, 6.45) is 1.91. The van der Waals surface area contributed by atoms with Crippen molar-refractivity contribution in [3.8, 4) is 11.3 Å². The lowest BCUT2D eigenvalue weighted by atomic mass is 10.0. The van der Waals surface area contributed by atoms with Crippen LogP contribution in [0.25, 0.3) is 42.2 Å². The molecule has 0 bridgehead atoms. The van der Waals surface area contributed by atoms with Crippen LogP contribution in [0.3, 0.4) is 0 Å². The van der Waals surface area contributed by atoms with Gasteiger partial charge in [0.1, 0.15) is 0 Å². The zero-order chi connectivity index (χ0) is 15.2. The Hall–Kier alpha value is -2.71. The standard InChI is InChI=1S/C21H13NS/c1-2-7-15-14(6-1)12-13-22-20(15)18-10-5-9-17-16-8-3-4-11-19(16)23-21(17)18/h1-13H. The lowest BCUT2D eigenvalue weighted by Gasteiger charge is -2.07. The molecule has 0 saturated carbocycles. The number of nitrogens with zero attached hydrogens (tertiary/aromatic N) is 1. The second-order valence-corrected chi connectivity index (χ2v) is 6.71. The largest absolute Gasteiger partial charge is 0.256 e. The van der Waals surface area contributed by atoms with Gasteiger partial charge in [-0.2, -0.15) is 0 Å². The fourth-order valence-corrected chi connectivity index (χ4v) is 4.49. The zero-order valence-corrected chi connectivity index (χ0v) is 13.2. The summed E-state index contributed by atoms with van der Waals surface area (Å²) in [5.74, 6) is 0. The van der Waals surface area contributed by atoms with Crippen LogP contribution in [0, 0.1) is 0 Å². The van der Waals surface area contributed by atoms with E-state index in [9.17, 15) is 0 Å². The fourth-order valence-electron chi connectivity index (χ4n) is 3.27. The van der Waals surface area contributed by atoms with Crippen LogP contribution in [-0.4, -0.2) is 4.98 Å². The van der Waals surface area contributed by atoms with Gasteiger partial charge in [0.25, 0.3) is 0 Å². The van der Waals surface area contributed by atoms with Gasteiger partial charge in [0.15, 0.2) is 0 Å². The van der Waals surface area contributed by atoms with E-state index < -0.39 is 0 Å². The normalized spacial score (nSPS) is 11.5. The number of thiophene rings is 1. The molecule has 5 rings (SSSR count). The molecular weight excluding hydrogens is 298 g/mol. The highest BCUT2D eigenvalue weighted by Crippen LogP contribution is 2.40. The minimum Gasteiger partial charge on any atom is -0.256 e. The molecule has 5 aromatic rings. The Morgan fingerprint density at radius 3 is 2.39 bits per heavy atom. The van der Waals surface area contributed by atoms with Crippen molar-refractivity contribution in [1.82, 2.24) is 4.98 Å². The maximum absolute atomic E-state index is 4.70. The molecule has 0 unspecified atom stereocenters. The first-order valence-corrected chi connectivity index (χ1v) is 8.48. The number of aromatic nitrogens is 1. The van der Waals surface area contributed by atoms with Crippen molar-refractivity contribution >= 4 is 42.3 Å². The Bertz CT molecular complexity index is 1160. The van der Waals surface area contributed by atoms with E-state index in [-0.39, 0.29) is 0 Å². The number of benzene rings is 3. The van der Waals surface area contributed by atoms with Crippen LogP contribution in [0.2, 0.25) is 0 Å². The van der Waals surface area contributed by atoms with Gasteiger partial charge < -0.3 is 0 Å². The summed E-state index contributed by atoms with van der Waals surface area (Å²) in [6.45, 7) is 0. The SMILES string of the molecule is c1ccc2c(-c3cccc4c3sc3ccccc34)nccc2c1. The molecule has 0 aliphatic carbocycles. The molecule has 23 heavy (non-hydrogen) atoms. The third-order valence-electron chi connectivity index (χ3n) is 4.33. The quantitative estimate of drug-likeness (QED) is 0.355. The van der Waals surface area contributed by atoms with Gasteiger partial charge in [-0.1, -0.05) is 60.7 Å². The molecule has 0 aliphatic rings. The molecule has 0 spiro atoms. The Labute approximate surface area is 137 Å². The van der Waals surface area contributed by atoms with Crippen LogP contribution in [0.15, 0.2) is 79.0 Å². The number of hydrogen-bond acceptors (Lipinski definition) is 2. The monoisotopic (exact) mass is 311 g/mol. The van der Waals surface area contributed by atoms with Crippen LogP contribution in [0.5, 0.6) is 0 Å². The molecule has 0 amide bonds. The second kappa shape index (κ2) is 4.90. The highest BCUT2D eigenvalue weighted by atomic mass is 32.1. The molecule has 108 valence electrons. The molecule has 1 nitrogen and oxygen atoms in total. The van der Waals surface area contributed by atoms with Crippen LogP contribution >= 0.6 is 11.3 Å². The van der Waals surface area contributed by atoms with Crippen LogP contribution in [-0.2, 0) is 0 Å². The van der Waals surface area contributed by atoms with Crippen molar-refractivity contribution in [2.45, 2.75) is 0 Å². The van der Waals surface area contributed by atoms with Gasteiger partial charge in [-0.25, -0.2) is 0 Å². The van der Waals surface area contributed by atoms with Crippen molar-refractivity contribution in [2.24, 2.45) is 0 Å². The number of fused-ring (bicyclic) bond motifs is 4. The van der Waals surface area contributed by atoms with Gasteiger partial charge >= 0.3 is 0 Å². The molecule has 0 fully saturated rings. The minimum atomic E-state index is 1.07. The molecule has 2 aromatic heterocycles. The van der Waals surface area contributed by atoms with Crippen molar-refractivity contribution in [2.75, 3.05) is 0 Å². The van der Waals surface area contributed by atoms with Crippen LogP contribution in [0.4, 0.5) is 0 Å². The van der Waals surface area contributed by atoms with Gasteiger partial charge in [0.05, 0.1) is 5.69 Å². The minimum absolute atomic E-state index is 1.07. The Kier molecular flexibility index (Phi) is 2.73. The lowest BCUT2D eigenvalue weighted by molar-refractivity contribution is 1.37. The molecule has 0 aliphatic heterocycles. The van der Waals surface area contributed by atoms with Gasteiger partial charge in [0, 0.05) is 37.3 Å². The van der Waals surface area contributed by atoms with Crippen LogP contribution in [0.1, 0.15) is 0 Å². The Balaban J connectivity index is 1.93. The average molecular weight is 311 g/mol.